The summed E-state index contributed by atoms with van der Waals surface area (Å²) in [6.07, 6.45) is 0. The van der Waals surface area contributed by atoms with E-state index in [9.17, 15) is 0 Å². The van der Waals surface area contributed by atoms with E-state index < -0.39 is 0 Å². The van der Waals surface area contributed by atoms with Crippen molar-refractivity contribution >= 4 is 125 Å². The molecular formula is C55H35BN2S2. The highest BCUT2D eigenvalue weighted by molar-refractivity contribution is 7.26. The molecular weight excluding hydrogens is 764 g/mol. The Kier molecular flexibility index (Phi) is 6.51. The van der Waals surface area contributed by atoms with Crippen LogP contribution >= 0.6 is 22.7 Å². The van der Waals surface area contributed by atoms with Crippen LogP contribution in [0.3, 0.4) is 0 Å². The van der Waals surface area contributed by atoms with Crippen LogP contribution < -0.4 is 15.7 Å². The van der Waals surface area contributed by atoms with E-state index in [0.29, 0.717) is 0 Å². The minimum atomic E-state index is -0.0739. The van der Waals surface area contributed by atoms with Gasteiger partial charge in [-0.2, -0.15) is 0 Å². The molecule has 14 rings (SSSR count). The lowest BCUT2D eigenvalue weighted by Crippen LogP contribution is -2.60. The Hall–Kier alpha value is -6.66. The lowest BCUT2D eigenvalue weighted by atomic mass is 9.43. The van der Waals surface area contributed by atoms with Crippen LogP contribution in [0.2, 0.25) is 0 Å². The molecule has 0 saturated heterocycles. The number of rotatable bonds is 2. The van der Waals surface area contributed by atoms with E-state index >= 15 is 0 Å². The van der Waals surface area contributed by atoms with Crippen LogP contribution in [-0.4, -0.2) is 11.4 Å². The van der Waals surface area contributed by atoms with Gasteiger partial charge in [0.1, 0.15) is 0 Å². The van der Waals surface area contributed by atoms with Gasteiger partial charge in [0.05, 0.1) is 11.0 Å². The molecule has 2 aliphatic heterocycles. The van der Waals surface area contributed by atoms with Crippen molar-refractivity contribution in [2.75, 3.05) is 4.81 Å². The summed E-state index contributed by atoms with van der Waals surface area (Å²) in [6, 6.07) is 60.3. The molecule has 2 aliphatic rings. The van der Waals surface area contributed by atoms with E-state index in [0.717, 1.165) is 0 Å². The number of hydrogen-bond donors (Lipinski definition) is 0. The summed E-state index contributed by atoms with van der Waals surface area (Å²) < 4.78 is 7.93. The molecule has 0 saturated carbocycles. The second-order valence-corrected chi connectivity index (χ2v) is 19.1. The molecule has 60 heavy (non-hydrogen) atoms. The monoisotopic (exact) mass is 798 g/mol. The number of aryl methyl sites for hydroxylation is 3. The normalized spacial score (nSPS) is 13.2. The minimum Gasteiger partial charge on any atom is -0.376 e. The smallest absolute Gasteiger partial charge is 0.333 e. The van der Waals surface area contributed by atoms with Crippen molar-refractivity contribution in [1.82, 2.24) is 4.57 Å². The van der Waals surface area contributed by atoms with Crippen LogP contribution in [0.25, 0.3) is 101 Å². The van der Waals surface area contributed by atoms with Crippen LogP contribution in [0, 0.1) is 20.8 Å². The summed E-state index contributed by atoms with van der Waals surface area (Å²) in [7, 11) is 0. The first-order valence-electron chi connectivity index (χ1n) is 20.9. The van der Waals surface area contributed by atoms with E-state index in [4.69, 9.17) is 0 Å². The SMILES string of the molecule is Cc1cc(C)c(-c2cc3c4c(c2)-n2c5ccc6ccccc6c5c5cccc(c52)B4N(c2cccc4sc5ccccc5c24)c2ccc4sc5ccccc5c4c2-3)c(C)c1. The van der Waals surface area contributed by atoms with E-state index in [1.54, 1.807) is 0 Å². The van der Waals surface area contributed by atoms with Crippen molar-refractivity contribution in [3.8, 4) is 27.9 Å². The Morgan fingerprint density at radius 2 is 1.13 bits per heavy atom. The average molecular weight is 799 g/mol. The molecule has 5 heteroatoms. The fraction of sp³-hybridized carbons (Fsp3) is 0.0545. The topological polar surface area (TPSA) is 8.17 Å². The highest BCUT2D eigenvalue weighted by atomic mass is 32.1. The minimum absolute atomic E-state index is 0.0739. The Balaban J connectivity index is 1.23. The first-order valence-corrected chi connectivity index (χ1v) is 22.5. The van der Waals surface area contributed by atoms with Gasteiger partial charge in [0, 0.05) is 73.7 Å². The molecule has 0 fully saturated rings. The zero-order valence-electron chi connectivity index (χ0n) is 33.3. The van der Waals surface area contributed by atoms with E-state index in [1.807, 2.05) is 22.7 Å². The zero-order chi connectivity index (χ0) is 39.5. The highest BCUT2D eigenvalue weighted by Crippen LogP contribution is 2.53. The lowest BCUT2D eigenvalue weighted by Gasteiger charge is -2.43. The van der Waals surface area contributed by atoms with Gasteiger partial charge in [-0.1, -0.05) is 109 Å². The second kappa shape index (κ2) is 11.8. The summed E-state index contributed by atoms with van der Waals surface area (Å²) in [6.45, 7) is 6.73. The molecule has 0 radical (unpaired) electrons. The van der Waals surface area contributed by atoms with Crippen molar-refractivity contribution in [3.05, 3.63) is 174 Å². The molecule has 0 N–H and O–H groups in total. The van der Waals surface area contributed by atoms with Crippen molar-refractivity contribution in [2.45, 2.75) is 20.8 Å². The summed E-state index contributed by atoms with van der Waals surface area (Å²) in [5, 5.41) is 10.5. The van der Waals surface area contributed by atoms with Gasteiger partial charge in [0.15, 0.2) is 0 Å². The van der Waals surface area contributed by atoms with Gasteiger partial charge in [0.25, 0.3) is 0 Å². The number of hydrogen-bond acceptors (Lipinski definition) is 3. The molecule has 0 spiro atoms. The van der Waals surface area contributed by atoms with Gasteiger partial charge < -0.3 is 9.38 Å². The number of para-hydroxylation sites is 1. The first kappa shape index (κ1) is 33.2. The van der Waals surface area contributed by atoms with Crippen molar-refractivity contribution in [3.63, 3.8) is 0 Å². The third-order valence-corrected chi connectivity index (χ3v) is 15.9. The Morgan fingerprint density at radius 3 is 1.93 bits per heavy atom. The summed E-state index contributed by atoms with van der Waals surface area (Å²) in [4.78, 5) is 2.74. The quantitative estimate of drug-likeness (QED) is 0.158. The predicted molar refractivity (Wildman–Crippen MR) is 263 cm³/mol. The lowest BCUT2D eigenvalue weighted by molar-refractivity contribution is 1.18. The van der Waals surface area contributed by atoms with Gasteiger partial charge in [0.2, 0.25) is 0 Å². The number of nitrogens with zero attached hydrogens (tertiary/aromatic N) is 2. The van der Waals surface area contributed by atoms with Gasteiger partial charge >= 0.3 is 6.85 Å². The van der Waals surface area contributed by atoms with Crippen molar-refractivity contribution in [1.29, 1.82) is 0 Å². The van der Waals surface area contributed by atoms with Crippen LogP contribution in [0.5, 0.6) is 0 Å². The molecule has 9 aromatic carbocycles. The fourth-order valence-electron chi connectivity index (χ4n) is 11.5. The van der Waals surface area contributed by atoms with Gasteiger partial charge in [-0.15, -0.1) is 22.7 Å². The Morgan fingerprint density at radius 1 is 0.467 bits per heavy atom. The van der Waals surface area contributed by atoms with E-state index in [1.165, 1.54) is 140 Å². The maximum absolute atomic E-state index is 2.74. The standard InChI is InChI=1S/C55H35BN2S2/c1-30-26-31(2)49(32(3)27-30)34-28-39-52-43(24-25-48-53(52)37-15-7-9-20-46(37)60-48)58(42-18-11-21-47-51(42)36-14-6-8-19-45(36)59-47)56-40-17-10-16-38-50-35-13-5-4-12-33(35)22-23-41(50)57(55(38)40)44(29-34)54(39)56/h4-29H,1-3H3. The molecule has 0 amide bonds. The predicted octanol–water partition coefficient (Wildman–Crippen LogP) is 14.5. The van der Waals surface area contributed by atoms with Gasteiger partial charge in [-0.25, -0.2) is 0 Å². The third kappa shape index (κ3) is 4.18. The summed E-state index contributed by atoms with van der Waals surface area (Å²) >= 11 is 3.81. The van der Waals surface area contributed by atoms with Crippen LogP contribution in [0.4, 0.5) is 11.4 Å². The molecule has 280 valence electrons. The molecule has 0 bridgehead atoms. The van der Waals surface area contributed by atoms with Crippen molar-refractivity contribution < 1.29 is 0 Å². The largest absolute Gasteiger partial charge is 0.376 e. The molecule has 3 aromatic heterocycles. The molecule has 5 heterocycles. The number of aromatic nitrogens is 1. The Bertz CT molecular complexity index is 3880. The molecule has 12 aromatic rings. The van der Waals surface area contributed by atoms with E-state index in [2.05, 4.69) is 188 Å². The first-order chi connectivity index (χ1) is 29.5. The Labute approximate surface area is 355 Å². The number of thiophene rings is 2. The number of fused-ring (bicyclic) bond motifs is 16. The molecule has 0 aliphatic carbocycles. The second-order valence-electron chi connectivity index (χ2n) is 16.9. The number of benzene rings is 9. The van der Waals surface area contributed by atoms with Crippen LogP contribution in [0.15, 0.2) is 158 Å². The number of anilines is 2. The van der Waals surface area contributed by atoms with Gasteiger partial charge in [-0.05, 0) is 125 Å². The molecule has 0 atom stereocenters. The van der Waals surface area contributed by atoms with Gasteiger partial charge in [-0.3, -0.25) is 0 Å². The fourth-order valence-corrected chi connectivity index (χ4v) is 13.7. The summed E-state index contributed by atoms with van der Waals surface area (Å²) in [5.41, 5.74) is 18.3. The maximum Gasteiger partial charge on any atom is 0.333 e. The van der Waals surface area contributed by atoms with Crippen molar-refractivity contribution in [2.24, 2.45) is 0 Å². The average Bonchev–Trinajstić information content (AvgIpc) is 3.95. The van der Waals surface area contributed by atoms with Crippen LogP contribution in [-0.2, 0) is 0 Å². The summed E-state index contributed by atoms with van der Waals surface area (Å²) in [5.74, 6) is 0. The van der Waals surface area contributed by atoms with E-state index in [-0.39, 0.29) is 6.85 Å². The zero-order valence-corrected chi connectivity index (χ0v) is 34.9. The maximum atomic E-state index is 2.74. The highest BCUT2D eigenvalue weighted by Gasteiger charge is 2.45. The van der Waals surface area contributed by atoms with Crippen LogP contribution in [0.1, 0.15) is 16.7 Å². The third-order valence-electron chi connectivity index (χ3n) is 13.6. The molecule has 0 unspecified atom stereocenters. The molecule has 2 nitrogen and oxygen atoms in total.